The van der Waals surface area contributed by atoms with Gasteiger partial charge in [0.05, 0.1) is 47.3 Å². The predicted molar refractivity (Wildman–Crippen MR) is 112 cm³/mol. The molecular weight excluding hydrogens is 640 g/mol. The van der Waals surface area contributed by atoms with Gasteiger partial charge in [0, 0.05) is 37.2 Å². The molecule has 0 spiro atoms. The molecule has 0 saturated carbocycles. The summed E-state index contributed by atoms with van der Waals surface area (Å²) in [5.41, 5.74) is 2.10. The van der Waals surface area contributed by atoms with Crippen LogP contribution in [0.2, 0.25) is 0 Å². The van der Waals surface area contributed by atoms with E-state index in [4.69, 9.17) is 30.6 Å². The summed E-state index contributed by atoms with van der Waals surface area (Å²) in [5, 5.41) is 29.5. The summed E-state index contributed by atoms with van der Waals surface area (Å²) in [7, 11) is 0. The average Bonchev–Trinajstić information content (AvgIpc) is 3.44. The molecule has 0 bridgehead atoms. The van der Waals surface area contributed by atoms with Crippen LogP contribution in [0.15, 0.2) is 86.2 Å². The molecule has 4 heterocycles. The van der Waals surface area contributed by atoms with Crippen molar-refractivity contribution < 1.29 is 54.9 Å². The van der Waals surface area contributed by atoms with Gasteiger partial charge in [-0.3, -0.25) is 9.97 Å². The van der Waals surface area contributed by atoms with Gasteiger partial charge in [0.2, 0.25) is 0 Å². The van der Waals surface area contributed by atoms with Crippen molar-refractivity contribution in [1.29, 1.82) is 0 Å². The number of hydrogen-bond acceptors (Lipinski definition) is 10. The number of pyridine rings is 2. The molecule has 4 aromatic heterocycles. The number of nitrogens with zero attached hydrogens (tertiary/aromatic N) is 8. The Morgan fingerprint density at radius 2 is 1.00 bits per heavy atom. The number of rotatable bonds is 4. The third-order valence-electron chi connectivity index (χ3n) is 3.26. The maximum atomic E-state index is 8.25. The van der Waals surface area contributed by atoms with Gasteiger partial charge in [0.1, 0.15) is 0 Å². The molecule has 0 aromatic carbocycles. The zero-order valence-electron chi connectivity index (χ0n) is 17.1. The maximum Gasteiger partial charge on any atom is 1.00 e. The first-order chi connectivity index (χ1) is 15.4. The van der Waals surface area contributed by atoms with Gasteiger partial charge in [-0.15, -0.1) is 0 Å². The van der Waals surface area contributed by atoms with Crippen LogP contribution in [0.1, 0.15) is 11.4 Å². The zero-order valence-corrected chi connectivity index (χ0v) is 20.1. The zero-order chi connectivity index (χ0) is 23.6. The fourth-order valence-corrected chi connectivity index (χ4v) is 2.12. The van der Waals surface area contributed by atoms with E-state index in [0.29, 0.717) is 0 Å². The van der Waals surface area contributed by atoms with Crippen LogP contribution in [0.3, 0.4) is 0 Å². The fourth-order valence-electron chi connectivity index (χ4n) is 2.12. The van der Waals surface area contributed by atoms with E-state index in [1.165, 1.54) is 0 Å². The van der Waals surface area contributed by atoms with Crippen LogP contribution in [0.5, 0.6) is 0 Å². The molecule has 0 atom stereocenters. The van der Waals surface area contributed by atoms with E-state index in [9.17, 15) is 0 Å². The average molecular weight is 658 g/mol. The Labute approximate surface area is 224 Å². The molecule has 188 valence electrons. The summed E-state index contributed by atoms with van der Waals surface area (Å²) < 4.78 is 3.98. The third kappa shape index (κ3) is 18.2. The van der Waals surface area contributed by atoms with Gasteiger partial charge in [0.15, 0.2) is 0 Å². The molecule has 0 unspecified atom stereocenters. The van der Waals surface area contributed by atoms with E-state index in [0.717, 1.165) is 24.5 Å². The Morgan fingerprint density at radius 3 is 1.24 bits per heavy atom. The Kier molecular flexibility index (Phi) is 19.5. The fraction of sp³-hybridized carbons (Fsp3) is 0.111. The molecule has 4 rings (SSSR count). The van der Waals surface area contributed by atoms with E-state index >= 15 is 0 Å². The van der Waals surface area contributed by atoms with Gasteiger partial charge < -0.3 is 39.8 Å². The van der Waals surface area contributed by atoms with E-state index in [1.807, 2.05) is 57.9 Å². The van der Waals surface area contributed by atoms with Crippen LogP contribution in [-0.4, -0.2) is 39.2 Å². The first kappa shape index (κ1) is 32.8. The van der Waals surface area contributed by atoms with Gasteiger partial charge in [-0.1, -0.05) is 12.1 Å². The minimum Gasteiger partial charge on any atom is -0.356 e. The maximum absolute atomic E-state index is 8.25. The third-order valence-corrected chi connectivity index (χ3v) is 3.26. The van der Waals surface area contributed by atoms with Crippen molar-refractivity contribution in [3.05, 3.63) is 128 Å². The monoisotopic (exact) mass is 656 g/mol. The van der Waals surface area contributed by atoms with Crippen LogP contribution in [0, 0.1) is 30.6 Å². The normalized spacial score (nSPS) is 8.47. The van der Waals surface area contributed by atoms with Crippen LogP contribution < -0.4 is 0 Å². The second kappa shape index (κ2) is 20.2. The molecule has 14 nitrogen and oxygen atoms in total. The van der Waals surface area contributed by atoms with Crippen LogP contribution >= 0.6 is 0 Å². The largest absolute Gasteiger partial charge is 1.00 e. The summed E-state index contributed by atoms with van der Waals surface area (Å²) in [6, 6.07) is 11.8. The minimum atomic E-state index is -1.75. The molecule has 0 amide bonds. The SMILES string of the molecule is O=[N+]([O-])[O-].O=[N+]([O-])[O-].[Ag+].[Ag+].c1ccc(Cn2ccnc2)nc1.c1ccc(Cn2ccnc2)nc1. The molecule has 0 radical (unpaired) electrons. The molecule has 0 aliphatic heterocycles. The van der Waals surface area contributed by atoms with Crippen molar-refractivity contribution >= 4 is 0 Å². The van der Waals surface area contributed by atoms with Gasteiger partial charge >= 0.3 is 44.8 Å². The van der Waals surface area contributed by atoms with E-state index in [-0.39, 0.29) is 44.8 Å². The summed E-state index contributed by atoms with van der Waals surface area (Å²) in [4.78, 5) is 32.8. The van der Waals surface area contributed by atoms with Crippen molar-refractivity contribution in [2.24, 2.45) is 0 Å². The minimum absolute atomic E-state index is 0. The second-order valence-corrected chi connectivity index (χ2v) is 5.56. The molecule has 16 heteroatoms. The first-order valence-electron chi connectivity index (χ1n) is 8.71. The molecule has 34 heavy (non-hydrogen) atoms. The van der Waals surface area contributed by atoms with Gasteiger partial charge in [-0.2, -0.15) is 0 Å². The standard InChI is InChI=1S/2C9H9N3.2Ag.2NO3/c2*1-2-4-11-9(3-1)7-12-6-5-10-8-12;;;2*2-1(3)4/h2*1-6,8H,7H2;;;;/q;;2*+1;2*-1. The predicted octanol–water partition coefficient (Wildman–Crippen LogP) is 2.17. The first-order valence-corrected chi connectivity index (χ1v) is 8.71. The smallest absolute Gasteiger partial charge is 0.356 e. The molecule has 0 aliphatic rings. The molecule has 0 fully saturated rings. The van der Waals surface area contributed by atoms with Gasteiger partial charge in [0.25, 0.3) is 0 Å². The summed E-state index contributed by atoms with van der Waals surface area (Å²) in [6.45, 7) is 1.58. The quantitative estimate of drug-likeness (QED) is 0.178. The Bertz CT molecular complexity index is 918. The van der Waals surface area contributed by atoms with Crippen molar-refractivity contribution in [3.8, 4) is 0 Å². The van der Waals surface area contributed by atoms with E-state index < -0.39 is 10.2 Å². The molecule has 0 aliphatic carbocycles. The van der Waals surface area contributed by atoms with Gasteiger partial charge in [-0.05, 0) is 24.3 Å². The molecule has 0 saturated heterocycles. The van der Waals surface area contributed by atoms with Crippen LogP contribution in [0.25, 0.3) is 0 Å². The molecule has 4 aromatic rings. The Hall–Kier alpha value is -3.40. The van der Waals surface area contributed by atoms with E-state index in [1.54, 1.807) is 37.4 Å². The Balaban J connectivity index is 0. The van der Waals surface area contributed by atoms with Crippen LogP contribution in [0.4, 0.5) is 0 Å². The number of imidazole rings is 2. The summed E-state index contributed by atoms with van der Waals surface area (Å²) >= 11 is 0. The van der Waals surface area contributed by atoms with Crippen molar-refractivity contribution in [1.82, 2.24) is 29.1 Å². The topological polar surface area (TPSA) is 194 Å². The number of hydrogen-bond donors (Lipinski definition) is 0. The van der Waals surface area contributed by atoms with E-state index in [2.05, 4.69) is 19.9 Å². The molecular formula is C18H18Ag2N8O6. The van der Waals surface area contributed by atoms with Crippen molar-refractivity contribution in [2.45, 2.75) is 13.1 Å². The molecule has 0 N–H and O–H groups in total. The number of aromatic nitrogens is 6. The van der Waals surface area contributed by atoms with Crippen molar-refractivity contribution in [2.75, 3.05) is 0 Å². The summed E-state index contributed by atoms with van der Waals surface area (Å²) in [6.07, 6.45) is 14.6. The van der Waals surface area contributed by atoms with Crippen molar-refractivity contribution in [3.63, 3.8) is 0 Å². The van der Waals surface area contributed by atoms with Crippen LogP contribution in [-0.2, 0) is 57.9 Å². The Morgan fingerprint density at radius 1 is 0.647 bits per heavy atom. The second-order valence-electron chi connectivity index (χ2n) is 5.56. The summed E-state index contributed by atoms with van der Waals surface area (Å²) in [5.74, 6) is 0. The van der Waals surface area contributed by atoms with Gasteiger partial charge in [-0.25, -0.2) is 9.97 Å².